The first kappa shape index (κ1) is 20.5. The van der Waals surface area contributed by atoms with Crippen LogP contribution in [0.15, 0.2) is 85.2 Å². The van der Waals surface area contributed by atoms with Crippen LogP contribution in [0.2, 0.25) is 5.02 Å². The van der Waals surface area contributed by atoms with Crippen LogP contribution >= 0.6 is 23.8 Å². The van der Waals surface area contributed by atoms with Crippen molar-refractivity contribution >= 4 is 34.6 Å². The van der Waals surface area contributed by atoms with Gasteiger partial charge in [0.2, 0.25) is 0 Å². The lowest BCUT2D eigenvalue weighted by atomic mass is 10.0. The summed E-state index contributed by atoms with van der Waals surface area (Å²) in [5, 5.41) is 13.8. The number of nitrogens with one attached hydrogen (secondary N) is 1. The fraction of sp³-hybridized carbons (Fsp3) is 0.0833. The fourth-order valence-electron chi connectivity index (χ4n) is 4.05. The lowest BCUT2D eigenvalue weighted by molar-refractivity contribution is 0.475. The quantitative estimate of drug-likeness (QED) is 0.388. The van der Waals surface area contributed by atoms with E-state index in [9.17, 15) is 9.50 Å². The summed E-state index contributed by atoms with van der Waals surface area (Å²) < 4.78 is 15.8. The maximum absolute atomic E-state index is 13.8. The Hall–Kier alpha value is -3.42. The third-order valence-corrected chi connectivity index (χ3v) is 6.09. The van der Waals surface area contributed by atoms with Gasteiger partial charge in [0.25, 0.3) is 0 Å². The van der Waals surface area contributed by atoms with E-state index in [1.54, 1.807) is 30.5 Å². The van der Waals surface area contributed by atoms with Crippen LogP contribution < -0.4 is 10.2 Å². The molecule has 0 unspecified atom stereocenters. The van der Waals surface area contributed by atoms with Crippen LogP contribution in [0.25, 0.3) is 5.69 Å². The molecule has 3 heterocycles. The third-order valence-electron chi connectivity index (χ3n) is 5.49. The zero-order chi connectivity index (χ0) is 22.2. The van der Waals surface area contributed by atoms with Gasteiger partial charge in [-0.25, -0.2) is 4.39 Å². The molecular weight excluding hydrogens is 447 g/mol. The number of hydrogen-bond acceptors (Lipinski definition) is 3. The fourth-order valence-corrected chi connectivity index (χ4v) is 4.57. The van der Waals surface area contributed by atoms with Crippen molar-refractivity contribution in [2.24, 2.45) is 0 Å². The van der Waals surface area contributed by atoms with Gasteiger partial charge >= 0.3 is 0 Å². The maximum Gasteiger partial charge on any atom is 0.174 e. The summed E-state index contributed by atoms with van der Waals surface area (Å²) in [7, 11) is 0. The molecule has 0 bridgehead atoms. The van der Waals surface area contributed by atoms with Crippen LogP contribution in [0.4, 0.5) is 10.1 Å². The number of anilines is 1. The number of rotatable bonds is 4. The van der Waals surface area contributed by atoms with Gasteiger partial charge in [0.1, 0.15) is 17.6 Å². The summed E-state index contributed by atoms with van der Waals surface area (Å²) in [6.45, 7) is 0. The summed E-state index contributed by atoms with van der Waals surface area (Å²) in [6, 6.07) is 20.7. The van der Waals surface area contributed by atoms with E-state index in [4.69, 9.17) is 23.8 Å². The molecule has 2 atom stereocenters. The van der Waals surface area contributed by atoms with Gasteiger partial charge in [-0.1, -0.05) is 17.7 Å². The number of phenolic OH excluding ortho intramolecular Hbond substituents is 1. The number of aromatic hydroxyl groups is 1. The topological polar surface area (TPSA) is 53.3 Å². The molecule has 0 spiro atoms. The molecule has 32 heavy (non-hydrogen) atoms. The Labute approximate surface area is 194 Å². The van der Waals surface area contributed by atoms with Crippen molar-refractivity contribution < 1.29 is 9.50 Å². The molecule has 5 nitrogen and oxygen atoms in total. The standard InChI is InChI=1S/C24H18ClFN4OS/c25-18-14-16(8-11-19(18)26)29-13-3-5-21(29)23-22(20-4-1-2-12-27-20)28-24(32)30(23)15-6-9-17(31)10-7-15/h1-14,22-23,31H,(H,28,32)/t22-,23-/m1/s1. The first-order valence-electron chi connectivity index (χ1n) is 9.95. The minimum Gasteiger partial charge on any atom is -0.508 e. The Morgan fingerprint density at radius 1 is 1.00 bits per heavy atom. The Morgan fingerprint density at radius 2 is 1.78 bits per heavy atom. The first-order valence-corrected chi connectivity index (χ1v) is 10.7. The van der Waals surface area contributed by atoms with E-state index in [0.717, 1.165) is 22.8 Å². The van der Waals surface area contributed by atoms with Crippen LogP contribution in [0.1, 0.15) is 23.5 Å². The minimum atomic E-state index is -0.468. The highest BCUT2D eigenvalue weighted by atomic mass is 35.5. The first-order chi connectivity index (χ1) is 15.5. The molecule has 1 fully saturated rings. The van der Waals surface area contributed by atoms with E-state index in [-0.39, 0.29) is 22.9 Å². The van der Waals surface area contributed by atoms with Crippen molar-refractivity contribution in [2.45, 2.75) is 12.1 Å². The number of benzene rings is 2. The third kappa shape index (κ3) is 3.59. The van der Waals surface area contributed by atoms with Crippen LogP contribution in [-0.2, 0) is 0 Å². The van der Waals surface area contributed by atoms with Crippen LogP contribution in [0.3, 0.4) is 0 Å². The highest BCUT2D eigenvalue weighted by Gasteiger charge is 2.42. The Kier molecular flexibility index (Phi) is 5.28. The smallest absolute Gasteiger partial charge is 0.174 e. The zero-order valence-electron chi connectivity index (χ0n) is 16.7. The molecule has 0 amide bonds. The number of nitrogens with zero attached hydrogens (tertiary/aromatic N) is 3. The van der Waals surface area contributed by atoms with E-state index in [1.807, 2.05) is 58.1 Å². The van der Waals surface area contributed by atoms with Gasteiger partial charge in [0, 0.05) is 29.5 Å². The van der Waals surface area contributed by atoms with Crippen molar-refractivity contribution in [3.63, 3.8) is 0 Å². The SMILES string of the molecule is Oc1ccc(N2C(=S)N[C@H](c3ccccn3)[C@H]2c2cccn2-c2ccc(F)c(Cl)c2)cc1. The Bertz CT molecular complexity index is 1280. The van der Waals surface area contributed by atoms with Gasteiger partial charge in [0.15, 0.2) is 5.11 Å². The van der Waals surface area contributed by atoms with Crippen molar-refractivity contribution in [3.05, 3.63) is 107 Å². The molecule has 0 saturated carbocycles. The van der Waals surface area contributed by atoms with E-state index < -0.39 is 5.82 Å². The average molecular weight is 465 g/mol. The lowest BCUT2D eigenvalue weighted by Crippen LogP contribution is -2.30. The van der Waals surface area contributed by atoms with E-state index >= 15 is 0 Å². The Morgan fingerprint density at radius 3 is 2.50 bits per heavy atom. The summed E-state index contributed by atoms with van der Waals surface area (Å²) in [5.74, 6) is -0.293. The zero-order valence-corrected chi connectivity index (χ0v) is 18.3. The molecule has 1 aliphatic heterocycles. The molecule has 2 aromatic carbocycles. The summed E-state index contributed by atoms with van der Waals surface area (Å²) in [5.41, 5.74) is 3.32. The highest BCUT2D eigenvalue weighted by Crippen LogP contribution is 2.42. The summed E-state index contributed by atoms with van der Waals surface area (Å²) in [6.07, 6.45) is 3.66. The minimum absolute atomic E-state index is 0.0545. The Balaban J connectivity index is 1.67. The molecule has 2 aromatic heterocycles. The molecule has 0 radical (unpaired) electrons. The van der Waals surface area contributed by atoms with Gasteiger partial charge in [-0.05, 0) is 78.9 Å². The van der Waals surface area contributed by atoms with E-state index in [1.165, 1.54) is 6.07 Å². The van der Waals surface area contributed by atoms with Gasteiger partial charge in [-0.15, -0.1) is 0 Å². The second-order valence-corrected chi connectivity index (χ2v) is 8.21. The molecule has 1 saturated heterocycles. The van der Waals surface area contributed by atoms with Gasteiger partial charge in [-0.2, -0.15) is 0 Å². The molecular formula is C24H18ClFN4OS. The largest absolute Gasteiger partial charge is 0.508 e. The molecule has 8 heteroatoms. The molecule has 2 N–H and O–H groups in total. The predicted molar refractivity (Wildman–Crippen MR) is 127 cm³/mol. The molecule has 4 aromatic rings. The molecule has 160 valence electrons. The number of thiocarbonyl (C=S) groups is 1. The molecule has 1 aliphatic rings. The second-order valence-electron chi connectivity index (χ2n) is 7.41. The number of halogens is 2. The number of pyridine rings is 1. The monoisotopic (exact) mass is 464 g/mol. The van der Waals surface area contributed by atoms with Crippen LogP contribution in [0, 0.1) is 5.82 Å². The number of aromatic nitrogens is 2. The van der Waals surface area contributed by atoms with Gasteiger partial charge in [-0.3, -0.25) is 4.98 Å². The van der Waals surface area contributed by atoms with Crippen LogP contribution in [0.5, 0.6) is 5.75 Å². The number of phenols is 1. The summed E-state index contributed by atoms with van der Waals surface area (Å²) >= 11 is 11.8. The maximum atomic E-state index is 13.8. The van der Waals surface area contributed by atoms with Gasteiger partial charge in [0.05, 0.1) is 16.8 Å². The molecule has 0 aliphatic carbocycles. The average Bonchev–Trinajstić information content (AvgIpc) is 3.41. The van der Waals surface area contributed by atoms with Gasteiger partial charge < -0.3 is 19.9 Å². The van der Waals surface area contributed by atoms with Crippen molar-refractivity contribution in [1.29, 1.82) is 0 Å². The lowest BCUT2D eigenvalue weighted by Gasteiger charge is -2.29. The normalized spacial score (nSPS) is 18.1. The van der Waals surface area contributed by atoms with Crippen molar-refractivity contribution in [3.8, 4) is 11.4 Å². The van der Waals surface area contributed by atoms with Crippen molar-refractivity contribution in [1.82, 2.24) is 14.9 Å². The van der Waals surface area contributed by atoms with Crippen LogP contribution in [-0.4, -0.2) is 19.8 Å². The van der Waals surface area contributed by atoms with E-state index in [0.29, 0.717) is 5.11 Å². The summed E-state index contributed by atoms with van der Waals surface area (Å²) in [4.78, 5) is 6.56. The highest BCUT2D eigenvalue weighted by molar-refractivity contribution is 7.80. The number of hydrogen-bond donors (Lipinski definition) is 2. The molecule has 5 rings (SSSR count). The van der Waals surface area contributed by atoms with E-state index in [2.05, 4.69) is 10.3 Å². The second kappa shape index (κ2) is 8.26. The van der Waals surface area contributed by atoms with Crippen molar-refractivity contribution in [2.75, 3.05) is 4.90 Å². The predicted octanol–water partition coefficient (Wildman–Crippen LogP) is 5.55.